The largest absolute Gasteiger partial charge is 0.331 e. The number of hydrogen-bond acceptors (Lipinski definition) is 4. The smallest absolute Gasteiger partial charge is 0.307 e. The molecule has 0 spiro atoms. The van der Waals surface area contributed by atoms with Gasteiger partial charge in [0.1, 0.15) is 12.7 Å². The minimum absolute atomic E-state index is 0.261. The van der Waals surface area contributed by atoms with Gasteiger partial charge in [-0.05, 0) is 41.8 Å². The number of carbonyl (C=O) groups is 2. The number of aromatic nitrogens is 4. The molecule has 144 valence electrons. The van der Waals surface area contributed by atoms with Crippen LogP contribution in [0.1, 0.15) is 11.1 Å². The van der Waals surface area contributed by atoms with Crippen LogP contribution >= 0.6 is 0 Å². The van der Waals surface area contributed by atoms with Crippen molar-refractivity contribution >= 4 is 23.4 Å². The van der Waals surface area contributed by atoms with E-state index in [0.717, 1.165) is 17.5 Å². The second kappa shape index (κ2) is 8.22. The third-order valence-electron chi connectivity index (χ3n) is 4.30. The van der Waals surface area contributed by atoms with Gasteiger partial charge in [0.25, 0.3) is 0 Å². The summed E-state index contributed by atoms with van der Waals surface area (Å²) in [5.41, 5.74) is 3.65. The molecule has 0 bridgehead atoms. The Morgan fingerprint density at radius 3 is 1.45 bits per heavy atom. The highest BCUT2D eigenvalue weighted by molar-refractivity contribution is 5.91. The Kier molecular flexibility index (Phi) is 5.15. The number of benzene rings is 2. The second-order valence-corrected chi connectivity index (χ2v) is 6.37. The fourth-order valence-electron chi connectivity index (χ4n) is 2.78. The van der Waals surface area contributed by atoms with Crippen molar-refractivity contribution in [2.24, 2.45) is 0 Å². The Morgan fingerprint density at radius 1 is 0.690 bits per heavy atom. The van der Waals surface area contributed by atoms with E-state index < -0.39 is 0 Å². The zero-order valence-electron chi connectivity index (χ0n) is 15.4. The molecular weight excluding hydrogens is 368 g/mol. The van der Waals surface area contributed by atoms with E-state index in [1.165, 1.54) is 21.8 Å². The Labute approximate surface area is 166 Å². The fraction of sp³-hybridized carbons (Fsp3) is 0.0476. The molecule has 0 unspecified atom stereocenters. The summed E-state index contributed by atoms with van der Waals surface area (Å²) >= 11 is 0. The lowest BCUT2D eigenvalue weighted by Crippen LogP contribution is -2.17. The van der Waals surface area contributed by atoms with Crippen LogP contribution in [0.4, 0.5) is 21.0 Å². The topological polar surface area (TPSA) is 93.8 Å². The van der Waals surface area contributed by atoms with E-state index >= 15 is 0 Å². The van der Waals surface area contributed by atoms with Crippen LogP contribution in [0.3, 0.4) is 0 Å². The van der Waals surface area contributed by atoms with E-state index in [9.17, 15) is 9.59 Å². The van der Waals surface area contributed by atoms with E-state index in [4.69, 9.17) is 0 Å². The highest BCUT2D eigenvalue weighted by Gasteiger charge is 2.06. The Hall–Kier alpha value is -4.20. The van der Waals surface area contributed by atoms with Crippen molar-refractivity contribution in [3.8, 4) is 0 Å². The molecule has 2 heterocycles. The van der Waals surface area contributed by atoms with Gasteiger partial charge in [0, 0.05) is 36.2 Å². The van der Waals surface area contributed by atoms with Crippen LogP contribution in [0.25, 0.3) is 0 Å². The predicted octanol–water partition coefficient (Wildman–Crippen LogP) is 3.83. The molecule has 0 atom stereocenters. The van der Waals surface area contributed by atoms with Crippen molar-refractivity contribution in [3.05, 3.63) is 97.1 Å². The standard InChI is InChI=1S/C21H18N6O2/c28-20(26-11-9-22-14-26)24-18-5-1-16(2-6-18)13-17-3-7-19(8-4-17)25-21(29)27-12-10-23-15-27/h1-12,14-15H,13H2,(H,24,28)(H,25,29). The highest BCUT2D eigenvalue weighted by Crippen LogP contribution is 2.16. The first-order valence-corrected chi connectivity index (χ1v) is 8.94. The summed E-state index contributed by atoms with van der Waals surface area (Å²) < 4.78 is 2.75. The van der Waals surface area contributed by atoms with Crippen LogP contribution in [0.2, 0.25) is 0 Å². The van der Waals surface area contributed by atoms with Crippen molar-refractivity contribution in [2.75, 3.05) is 10.6 Å². The van der Waals surface area contributed by atoms with Crippen molar-refractivity contribution in [3.63, 3.8) is 0 Å². The summed E-state index contributed by atoms with van der Waals surface area (Å²) in [5, 5.41) is 5.62. The number of carbonyl (C=O) groups excluding carboxylic acids is 2. The van der Waals surface area contributed by atoms with Gasteiger partial charge in [-0.2, -0.15) is 0 Å². The first-order chi connectivity index (χ1) is 14.2. The number of rotatable bonds is 4. The van der Waals surface area contributed by atoms with Gasteiger partial charge in [0.2, 0.25) is 0 Å². The summed E-state index contributed by atoms with van der Waals surface area (Å²) in [5.74, 6) is 0. The zero-order chi connectivity index (χ0) is 20.1. The first kappa shape index (κ1) is 18.2. The summed E-state index contributed by atoms with van der Waals surface area (Å²) in [6.45, 7) is 0. The maximum Gasteiger partial charge on any atom is 0.331 e. The molecule has 8 nitrogen and oxygen atoms in total. The van der Waals surface area contributed by atoms with Crippen molar-refractivity contribution < 1.29 is 9.59 Å². The molecule has 0 saturated carbocycles. The Balaban J connectivity index is 1.34. The SMILES string of the molecule is O=C(Nc1ccc(Cc2ccc(NC(=O)n3ccnc3)cc2)cc1)n1ccnc1. The van der Waals surface area contributed by atoms with Crippen molar-refractivity contribution in [1.82, 2.24) is 19.1 Å². The number of amides is 2. The van der Waals surface area contributed by atoms with Gasteiger partial charge in [-0.25, -0.2) is 19.6 Å². The number of nitrogens with one attached hydrogen (secondary N) is 2. The number of anilines is 2. The zero-order valence-corrected chi connectivity index (χ0v) is 15.4. The van der Waals surface area contributed by atoms with E-state index in [1.807, 2.05) is 48.5 Å². The monoisotopic (exact) mass is 386 g/mol. The first-order valence-electron chi connectivity index (χ1n) is 8.94. The predicted molar refractivity (Wildman–Crippen MR) is 109 cm³/mol. The molecule has 0 aliphatic carbocycles. The maximum atomic E-state index is 12.0. The lowest BCUT2D eigenvalue weighted by molar-refractivity contribution is 0.252. The van der Waals surface area contributed by atoms with Gasteiger partial charge in [-0.3, -0.25) is 9.13 Å². The van der Waals surface area contributed by atoms with Gasteiger partial charge in [-0.1, -0.05) is 24.3 Å². The lowest BCUT2D eigenvalue weighted by Gasteiger charge is -2.08. The molecular formula is C21H18N6O2. The second-order valence-electron chi connectivity index (χ2n) is 6.37. The molecule has 0 radical (unpaired) electrons. The molecule has 0 fully saturated rings. The molecule has 0 saturated heterocycles. The summed E-state index contributed by atoms with van der Waals surface area (Å²) in [6, 6.07) is 14.8. The lowest BCUT2D eigenvalue weighted by atomic mass is 10.0. The van der Waals surface area contributed by atoms with Crippen LogP contribution in [0, 0.1) is 0 Å². The Bertz CT molecular complexity index is 996. The van der Waals surface area contributed by atoms with Crippen molar-refractivity contribution in [2.45, 2.75) is 6.42 Å². The van der Waals surface area contributed by atoms with E-state index in [0.29, 0.717) is 11.4 Å². The van der Waals surface area contributed by atoms with E-state index in [1.54, 1.807) is 24.8 Å². The molecule has 4 aromatic rings. The van der Waals surface area contributed by atoms with E-state index in [2.05, 4.69) is 20.6 Å². The van der Waals surface area contributed by atoms with Gasteiger partial charge in [0.15, 0.2) is 0 Å². The molecule has 2 aromatic heterocycles. The van der Waals surface area contributed by atoms with Crippen molar-refractivity contribution in [1.29, 1.82) is 0 Å². The molecule has 2 N–H and O–H groups in total. The quantitative estimate of drug-likeness (QED) is 0.557. The molecule has 8 heteroatoms. The third-order valence-corrected chi connectivity index (χ3v) is 4.30. The molecule has 29 heavy (non-hydrogen) atoms. The van der Waals surface area contributed by atoms with Crippen LogP contribution in [-0.4, -0.2) is 31.2 Å². The minimum Gasteiger partial charge on any atom is -0.307 e. The number of nitrogens with zero attached hydrogens (tertiary/aromatic N) is 4. The van der Waals surface area contributed by atoms with Crippen LogP contribution < -0.4 is 10.6 Å². The highest BCUT2D eigenvalue weighted by atomic mass is 16.2. The molecule has 4 rings (SSSR count). The molecule has 0 aliphatic rings. The van der Waals surface area contributed by atoms with Gasteiger partial charge in [-0.15, -0.1) is 0 Å². The summed E-state index contributed by atoms with van der Waals surface area (Å²) in [7, 11) is 0. The molecule has 2 amide bonds. The molecule has 0 aliphatic heterocycles. The average Bonchev–Trinajstić information content (AvgIpc) is 3.45. The fourth-order valence-corrected chi connectivity index (χ4v) is 2.78. The van der Waals surface area contributed by atoms with Gasteiger partial charge >= 0.3 is 12.1 Å². The average molecular weight is 386 g/mol. The van der Waals surface area contributed by atoms with Gasteiger partial charge in [0.05, 0.1) is 0 Å². The van der Waals surface area contributed by atoms with E-state index in [-0.39, 0.29) is 12.1 Å². The maximum absolute atomic E-state index is 12.0. The third kappa shape index (κ3) is 4.56. The van der Waals surface area contributed by atoms with Gasteiger partial charge < -0.3 is 10.6 Å². The number of hydrogen-bond donors (Lipinski definition) is 2. The summed E-state index contributed by atoms with van der Waals surface area (Å²) in [6.07, 6.45) is 9.92. The normalized spacial score (nSPS) is 10.5. The van der Waals surface area contributed by atoms with Crippen LogP contribution in [0.15, 0.2) is 86.0 Å². The van der Waals surface area contributed by atoms with Crippen LogP contribution in [-0.2, 0) is 6.42 Å². The minimum atomic E-state index is -0.261. The Morgan fingerprint density at radius 2 is 1.10 bits per heavy atom. The number of imidazole rings is 2. The van der Waals surface area contributed by atoms with Crippen LogP contribution in [0.5, 0.6) is 0 Å². The molecule has 2 aromatic carbocycles. The summed E-state index contributed by atoms with van der Waals surface area (Å²) in [4.78, 5) is 31.7.